The molecule has 0 bridgehead atoms. The Morgan fingerprint density at radius 2 is 1.89 bits per heavy atom. The van der Waals surface area contributed by atoms with Gasteiger partial charge in [0, 0.05) is 0 Å². The third kappa shape index (κ3) is 3.88. The fourth-order valence-corrected chi connectivity index (χ4v) is 0.324. The van der Waals surface area contributed by atoms with E-state index in [0.29, 0.717) is 12.0 Å². The summed E-state index contributed by atoms with van der Waals surface area (Å²) in [5.74, 6) is 0.586. The molecule has 52 valence electrons. The van der Waals surface area contributed by atoms with E-state index in [9.17, 15) is 0 Å². The van der Waals surface area contributed by atoms with Crippen LogP contribution in [0.1, 0.15) is 20.8 Å². The van der Waals surface area contributed by atoms with Crippen molar-refractivity contribution in [2.75, 3.05) is 0 Å². The zero-order valence-electron chi connectivity index (χ0n) is 6.33. The summed E-state index contributed by atoms with van der Waals surface area (Å²) < 4.78 is 0. The molecule has 0 fully saturated rings. The molecule has 0 aliphatic heterocycles. The van der Waals surface area contributed by atoms with Gasteiger partial charge in [-0.3, -0.25) is 9.98 Å². The third-order valence-electron chi connectivity index (χ3n) is 1.35. The first-order valence-electron chi connectivity index (χ1n) is 3.16. The van der Waals surface area contributed by atoms with Crippen LogP contribution >= 0.6 is 0 Å². The van der Waals surface area contributed by atoms with Gasteiger partial charge in [-0.15, -0.1) is 0 Å². The second-order valence-corrected chi connectivity index (χ2v) is 2.43. The van der Waals surface area contributed by atoms with E-state index in [0.717, 1.165) is 0 Å². The molecule has 0 radical (unpaired) electrons. The first-order chi connectivity index (χ1) is 4.18. The third-order valence-corrected chi connectivity index (χ3v) is 1.35. The molecule has 0 aliphatic rings. The Bertz CT molecular complexity index is 105. The zero-order valence-corrected chi connectivity index (χ0v) is 6.33. The van der Waals surface area contributed by atoms with Gasteiger partial charge >= 0.3 is 0 Å². The van der Waals surface area contributed by atoms with Crippen molar-refractivity contribution in [1.82, 2.24) is 0 Å². The fourth-order valence-electron chi connectivity index (χ4n) is 0.324. The smallest absolute Gasteiger partial charge is 0.109 e. The van der Waals surface area contributed by atoms with Crippen molar-refractivity contribution in [3.63, 3.8) is 0 Å². The highest BCUT2D eigenvalue weighted by atomic mass is 14.9. The van der Waals surface area contributed by atoms with Crippen LogP contribution in [0.2, 0.25) is 0 Å². The minimum absolute atomic E-state index is 0.357. The maximum Gasteiger partial charge on any atom is 0.109 e. The van der Waals surface area contributed by atoms with Crippen LogP contribution in [0.3, 0.4) is 0 Å². The van der Waals surface area contributed by atoms with Crippen molar-refractivity contribution in [3.05, 3.63) is 0 Å². The van der Waals surface area contributed by atoms with Crippen LogP contribution < -0.4 is 0 Å². The lowest BCUT2D eigenvalue weighted by molar-refractivity contribution is 0.532. The molecule has 0 saturated heterocycles. The molecular formula is C7H14N2. The van der Waals surface area contributed by atoms with Crippen LogP contribution in [0.4, 0.5) is 0 Å². The van der Waals surface area contributed by atoms with E-state index in [1.165, 1.54) is 6.34 Å². The molecule has 0 aliphatic carbocycles. The van der Waals surface area contributed by atoms with Crippen molar-refractivity contribution in [3.8, 4) is 0 Å². The maximum absolute atomic E-state index is 4.09. The standard InChI is InChI=1S/C7H14N2/c1-6(2)7(3)9-5-8-4/h5-7H,4H2,1-3H3. The topological polar surface area (TPSA) is 24.7 Å². The number of aliphatic imine (C=N–C) groups is 2. The fraction of sp³-hybridized carbons (Fsp3) is 0.714. The van der Waals surface area contributed by atoms with Gasteiger partial charge in [0.2, 0.25) is 0 Å². The lowest BCUT2D eigenvalue weighted by atomic mass is 10.1. The molecule has 0 N–H and O–H groups in total. The van der Waals surface area contributed by atoms with Gasteiger partial charge in [-0.2, -0.15) is 0 Å². The minimum atomic E-state index is 0.357. The summed E-state index contributed by atoms with van der Waals surface area (Å²) in [6, 6.07) is 0.357. The molecule has 1 atom stereocenters. The number of nitrogens with zero attached hydrogens (tertiary/aromatic N) is 2. The predicted molar refractivity (Wildman–Crippen MR) is 42.3 cm³/mol. The van der Waals surface area contributed by atoms with Gasteiger partial charge < -0.3 is 0 Å². The van der Waals surface area contributed by atoms with E-state index < -0.39 is 0 Å². The van der Waals surface area contributed by atoms with Crippen molar-refractivity contribution in [1.29, 1.82) is 0 Å². The number of rotatable bonds is 3. The Labute approximate surface area is 56.7 Å². The predicted octanol–water partition coefficient (Wildman–Crippen LogP) is 1.76. The quantitative estimate of drug-likeness (QED) is 0.406. The molecule has 0 aromatic carbocycles. The number of hydrogen-bond donors (Lipinski definition) is 0. The first kappa shape index (κ1) is 8.34. The van der Waals surface area contributed by atoms with Crippen LogP contribution in [0.25, 0.3) is 0 Å². The second-order valence-electron chi connectivity index (χ2n) is 2.43. The molecule has 0 spiro atoms. The van der Waals surface area contributed by atoms with Crippen molar-refractivity contribution in [2.24, 2.45) is 15.9 Å². The van der Waals surface area contributed by atoms with Crippen LogP contribution in [0.5, 0.6) is 0 Å². The highest BCUT2D eigenvalue weighted by Gasteiger charge is 2.01. The summed E-state index contributed by atoms with van der Waals surface area (Å²) in [5, 5.41) is 0. The summed E-state index contributed by atoms with van der Waals surface area (Å²) in [6.07, 6.45) is 1.50. The minimum Gasteiger partial charge on any atom is -0.270 e. The molecule has 0 rings (SSSR count). The average molecular weight is 126 g/mol. The molecule has 0 aromatic heterocycles. The molecule has 0 heterocycles. The van der Waals surface area contributed by atoms with E-state index in [2.05, 4.69) is 37.5 Å². The zero-order chi connectivity index (χ0) is 7.28. The summed E-state index contributed by atoms with van der Waals surface area (Å²) >= 11 is 0. The maximum atomic E-state index is 4.09. The average Bonchev–Trinajstić information content (AvgIpc) is 1.82. The Hall–Kier alpha value is -0.660. The molecule has 2 nitrogen and oxygen atoms in total. The second kappa shape index (κ2) is 4.24. The molecule has 0 aromatic rings. The Kier molecular flexibility index (Phi) is 3.93. The summed E-state index contributed by atoms with van der Waals surface area (Å²) in [5.41, 5.74) is 0. The van der Waals surface area contributed by atoms with E-state index in [-0.39, 0.29) is 0 Å². The van der Waals surface area contributed by atoms with Gasteiger partial charge in [0.1, 0.15) is 6.34 Å². The molecule has 9 heavy (non-hydrogen) atoms. The van der Waals surface area contributed by atoms with E-state index in [1.807, 2.05) is 0 Å². The largest absolute Gasteiger partial charge is 0.270 e. The number of hydrogen-bond acceptors (Lipinski definition) is 1. The van der Waals surface area contributed by atoms with E-state index in [4.69, 9.17) is 0 Å². The first-order valence-corrected chi connectivity index (χ1v) is 3.16. The molecule has 0 saturated carbocycles. The van der Waals surface area contributed by atoms with Gasteiger partial charge in [-0.25, -0.2) is 0 Å². The van der Waals surface area contributed by atoms with Gasteiger partial charge in [0.05, 0.1) is 6.04 Å². The van der Waals surface area contributed by atoms with Crippen molar-refractivity contribution < 1.29 is 0 Å². The monoisotopic (exact) mass is 126 g/mol. The van der Waals surface area contributed by atoms with Gasteiger partial charge in [0.25, 0.3) is 0 Å². The lowest BCUT2D eigenvalue weighted by Gasteiger charge is -2.07. The van der Waals surface area contributed by atoms with Gasteiger partial charge in [-0.05, 0) is 19.6 Å². The highest BCUT2D eigenvalue weighted by molar-refractivity contribution is 5.62. The molecule has 0 amide bonds. The highest BCUT2D eigenvalue weighted by Crippen LogP contribution is 2.03. The molecule has 2 heteroatoms. The van der Waals surface area contributed by atoms with Gasteiger partial charge in [0.15, 0.2) is 0 Å². The van der Waals surface area contributed by atoms with Crippen molar-refractivity contribution in [2.45, 2.75) is 26.8 Å². The Morgan fingerprint density at radius 3 is 2.22 bits per heavy atom. The lowest BCUT2D eigenvalue weighted by Crippen LogP contribution is -2.06. The Morgan fingerprint density at radius 1 is 1.33 bits per heavy atom. The molecule has 1 unspecified atom stereocenters. The van der Waals surface area contributed by atoms with Gasteiger partial charge in [-0.1, -0.05) is 13.8 Å². The van der Waals surface area contributed by atoms with Crippen LogP contribution in [-0.4, -0.2) is 19.1 Å². The Balaban J connectivity index is 3.61. The normalized spacial score (nSPS) is 14.7. The van der Waals surface area contributed by atoms with E-state index in [1.54, 1.807) is 0 Å². The van der Waals surface area contributed by atoms with Crippen LogP contribution in [0, 0.1) is 5.92 Å². The van der Waals surface area contributed by atoms with Crippen LogP contribution in [0.15, 0.2) is 9.98 Å². The SMILES string of the molecule is C=NC=NC(C)C(C)C. The van der Waals surface area contributed by atoms with Crippen LogP contribution in [-0.2, 0) is 0 Å². The summed E-state index contributed by atoms with van der Waals surface area (Å²) in [4.78, 5) is 7.60. The summed E-state index contributed by atoms with van der Waals surface area (Å²) in [6.45, 7) is 9.61. The van der Waals surface area contributed by atoms with Crippen molar-refractivity contribution >= 4 is 13.1 Å². The molecular weight excluding hydrogens is 112 g/mol. The van der Waals surface area contributed by atoms with E-state index >= 15 is 0 Å². The summed E-state index contributed by atoms with van der Waals surface area (Å²) in [7, 11) is 0.